The molecule has 1 amide bonds. The summed E-state index contributed by atoms with van der Waals surface area (Å²) in [5.41, 5.74) is 3.88. The Balaban J connectivity index is 1.80. The van der Waals surface area contributed by atoms with Gasteiger partial charge in [-0.3, -0.25) is 9.78 Å². The van der Waals surface area contributed by atoms with Crippen LogP contribution in [0.25, 0.3) is 16.5 Å². The summed E-state index contributed by atoms with van der Waals surface area (Å²) < 4.78 is 1.83. The molecule has 0 saturated carbocycles. The highest BCUT2D eigenvalue weighted by Crippen LogP contribution is 2.32. The van der Waals surface area contributed by atoms with Gasteiger partial charge < -0.3 is 5.32 Å². The SMILES string of the molecule is C=C(c1ccccn1)c1nn(Sc2ccccc2C(=O)NC)c2ccccc12. The minimum Gasteiger partial charge on any atom is -0.355 e. The molecule has 0 atom stereocenters. The number of amides is 1. The van der Waals surface area contributed by atoms with E-state index in [2.05, 4.69) is 16.9 Å². The Hall–Kier alpha value is -3.38. The van der Waals surface area contributed by atoms with Crippen LogP contribution in [0.15, 0.2) is 84.4 Å². The van der Waals surface area contributed by atoms with Crippen molar-refractivity contribution in [3.63, 3.8) is 0 Å². The van der Waals surface area contributed by atoms with Crippen molar-refractivity contribution in [1.82, 2.24) is 19.5 Å². The molecule has 5 nitrogen and oxygen atoms in total. The largest absolute Gasteiger partial charge is 0.355 e. The number of para-hydroxylation sites is 1. The van der Waals surface area contributed by atoms with E-state index in [4.69, 9.17) is 5.10 Å². The minimum atomic E-state index is -0.127. The number of pyridine rings is 1. The molecule has 28 heavy (non-hydrogen) atoms. The number of rotatable bonds is 5. The number of hydrogen-bond donors (Lipinski definition) is 1. The zero-order valence-corrected chi connectivity index (χ0v) is 16.1. The average molecular weight is 386 g/mol. The molecule has 0 aliphatic heterocycles. The molecule has 2 heterocycles. The first-order valence-electron chi connectivity index (χ1n) is 8.77. The van der Waals surface area contributed by atoms with Gasteiger partial charge in [0.25, 0.3) is 5.91 Å². The van der Waals surface area contributed by atoms with Crippen molar-refractivity contribution in [3.8, 4) is 0 Å². The van der Waals surface area contributed by atoms with Crippen molar-refractivity contribution in [2.45, 2.75) is 4.90 Å². The monoisotopic (exact) mass is 386 g/mol. The van der Waals surface area contributed by atoms with Gasteiger partial charge in [-0.2, -0.15) is 5.10 Å². The quantitative estimate of drug-likeness (QED) is 0.552. The van der Waals surface area contributed by atoms with Crippen molar-refractivity contribution in [1.29, 1.82) is 0 Å². The smallest absolute Gasteiger partial charge is 0.252 e. The number of benzene rings is 2. The van der Waals surface area contributed by atoms with E-state index >= 15 is 0 Å². The normalized spacial score (nSPS) is 10.8. The lowest BCUT2D eigenvalue weighted by Gasteiger charge is -2.08. The number of nitrogens with zero attached hydrogens (tertiary/aromatic N) is 3. The van der Waals surface area contributed by atoms with Gasteiger partial charge >= 0.3 is 0 Å². The number of carbonyl (C=O) groups is 1. The molecule has 2 aromatic carbocycles. The first-order valence-corrected chi connectivity index (χ1v) is 9.54. The van der Waals surface area contributed by atoms with Crippen molar-refractivity contribution in [2.75, 3.05) is 7.05 Å². The van der Waals surface area contributed by atoms with E-state index < -0.39 is 0 Å². The molecule has 0 fully saturated rings. The van der Waals surface area contributed by atoms with E-state index in [0.717, 1.165) is 32.8 Å². The van der Waals surface area contributed by atoms with Crippen LogP contribution in [0.3, 0.4) is 0 Å². The summed E-state index contributed by atoms with van der Waals surface area (Å²) in [5, 5.41) is 8.47. The maximum absolute atomic E-state index is 12.2. The Morgan fingerprint density at radius 1 is 1.04 bits per heavy atom. The van der Waals surface area contributed by atoms with Gasteiger partial charge in [0, 0.05) is 41.0 Å². The summed E-state index contributed by atoms with van der Waals surface area (Å²) in [6.07, 6.45) is 1.74. The Bertz CT molecular complexity index is 1170. The molecule has 0 radical (unpaired) electrons. The van der Waals surface area contributed by atoms with Gasteiger partial charge in [0.05, 0.1) is 16.8 Å². The molecule has 4 aromatic rings. The first-order chi connectivity index (χ1) is 13.7. The van der Waals surface area contributed by atoms with E-state index in [1.807, 2.05) is 64.8 Å². The van der Waals surface area contributed by atoms with Gasteiger partial charge in [0.2, 0.25) is 0 Å². The standard InChI is InChI=1S/C22H18N4OS/c1-15(18-11-7-8-14-24-18)21-16-9-3-5-12-19(16)26(25-21)28-20-13-6-4-10-17(20)22(27)23-2/h3-14H,1H2,2H3,(H,23,27). The average Bonchev–Trinajstić information content (AvgIpc) is 3.12. The summed E-state index contributed by atoms with van der Waals surface area (Å²) in [7, 11) is 1.63. The third kappa shape index (κ3) is 3.30. The van der Waals surface area contributed by atoms with Gasteiger partial charge in [-0.25, -0.2) is 4.09 Å². The lowest BCUT2D eigenvalue weighted by molar-refractivity contribution is 0.0960. The predicted octanol–water partition coefficient (Wildman–Crippen LogP) is 4.41. The van der Waals surface area contributed by atoms with Crippen LogP contribution >= 0.6 is 11.9 Å². The highest BCUT2D eigenvalue weighted by molar-refractivity contribution is 7.98. The Kier molecular flexibility index (Phi) is 4.95. The second kappa shape index (κ2) is 7.70. The molecule has 0 aliphatic carbocycles. The van der Waals surface area contributed by atoms with Crippen LogP contribution in [0.2, 0.25) is 0 Å². The van der Waals surface area contributed by atoms with E-state index in [1.54, 1.807) is 19.3 Å². The Morgan fingerprint density at radius 3 is 2.57 bits per heavy atom. The van der Waals surface area contributed by atoms with E-state index in [9.17, 15) is 4.79 Å². The molecule has 1 N–H and O–H groups in total. The van der Waals surface area contributed by atoms with E-state index in [-0.39, 0.29) is 5.91 Å². The molecule has 2 aromatic heterocycles. The third-order valence-electron chi connectivity index (χ3n) is 4.36. The van der Waals surface area contributed by atoms with Crippen LogP contribution < -0.4 is 5.32 Å². The van der Waals surface area contributed by atoms with Crippen LogP contribution in [0.4, 0.5) is 0 Å². The van der Waals surface area contributed by atoms with Crippen molar-refractivity contribution < 1.29 is 4.79 Å². The predicted molar refractivity (Wildman–Crippen MR) is 113 cm³/mol. The Morgan fingerprint density at radius 2 is 1.79 bits per heavy atom. The number of carbonyl (C=O) groups excluding carboxylic acids is 1. The van der Waals surface area contributed by atoms with Crippen LogP contribution in [0, 0.1) is 0 Å². The molecule has 0 spiro atoms. The second-order valence-corrected chi connectivity index (χ2v) is 7.07. The molecule has 0 aliphatic rings. The fourth-order valence-electron chi connectivity index (χ4n) is 2.96. The van der Waals surface area contributed by atoms with Crippen LogP contribution in [0.1, 0.15) is 21.7 Å². The molecular formula is C22H18N4OS. The Labute approximate surface area is 167 Å². The summed E-state index contributed by atoms with van der Waals surface area (Å²) >= 11 is 1.40. The van der Waals surface area contributed by atoms with Gasteiger partial charge in [-0.05, 0) is 30.3 Å². The molecule has 0 saturated heterocycles. The van der Waals surface area contributed by atoms with Crippen LogP contribution in [-0.2, 0) is 0 Å². The second-order valence-electron chi connectivity index (χ2n) is 6.10. The zero-order valence-electron chi connectivity index (χ0n) is 15.3. The van der Waals surface area contributed by atoms with E-state index in [0.29, 0.717) is 5.56 Å². The third-order valence-corrected chi connectivity index (χ3v) is 5.36. The van der Waals surface area contributed by atoms with Gasteiger partial charge in [0.1, 0.15) is 5.69 Å². The fourth-order valence-corrected chi connectivity index (χ4v) is 3.92. The summed E-state index contributed by atoms with van der Waals surface area (Å²) in [4.78, 5) is 17.4. The zero-order chi connectivity index (χ0) is 19.5. The fraction of sp³-hybridized carbons (Fsp3) is 0.0455. The maximum atomic E-state index is 12.2. The minimum absolute atomic E-state index is 0.127. The number of hydrogen-bond acceptors (Lipinski definition) is 4. The highest BCUT2D eigenvalue weighted by atomic mass is 32.2. The molecule has 6 heteroatoms. The highest BCUT2D eigenvalue weighted by Gasteiger charge is 2.17. The van der Waals surface area contributed by atoms with Crippen LogP contribution in [0.5, 0.6) is 0 Å². The van der Waals surface area contributed by atoms with Gasteiger partial charge in [-0.1, -0.05) is 43.0 Å². The molecule has 0 unspecified atom stereocenters. The van der Waals surface area contributed by atoms with Gasteiger partial charge in [0.15, 0.2) is 0 Å². The number of nitrogens with one attached hydrogen (secondary N) is 1. The lowest BCUT2D eigenvalue weighted by atomic mass is 10.1. The molecule has 4 rings (SSSR count). The molecule has 0 bridgehead atoms. The molecular weight excluding hydrogens is 368 g/mol. The first kappa shape index (κ1) is 18.0. The summed E-state index contributed by atoms with van der Waals surface area (Å²) in [6, 6.07) is 21.2. The van der Waals surface area contributed by atoms with Crippen molar-refractivity contribution in [2.24, 2.45) is 0 Å². The van der Waals surface area contributed by atoms with Crippen LogP contribution in [-0.4, -0.2) is 27.1 Å². The maximum Gasteiger partial charge on any atom is 0.252 e. The van der Waals surface area contributed by atoms with Gasteiger partial charge in [-0.15, -0.1) is 0 Å². The number of aromatic nitrogens is 3. The topological polar surface area (TPSA) is 59.8 Å². The van der Waals surface area contributed by atoms with Crippen molar-refractivity contribution in [3.05, 3.63) is 96.5 Å². The van der Waals surface area contributed by atoms with E-state index in [1.165, 1.54) is 11.9 Å². The molecule has 138 valence electrons. The number of fused-ring (bicyclic) bond motifs is 1. The lowest BCUT2D eigenvalue weighted by Crippen LogP contribution is -2.18. The summed E-state index contributed by atoms with van der Waals surface area (Å²) in [6.45, 7) is 4.21. The summed E-state index contributed by atoms with van der Waals surface area (Å²) in [5.74, 6) is -0.127. The van der Waals surface area contributed by atoms with Crippen molar-refractivity contribution >= 4 is 34.3 Å².